The largest absolute Gasteiger partial charge is 0.375 e. The van der Waals surface area contributed by atoms with Crippen LogP contribution in [0.5, 0.6) is 0 Å². The second kappa shape index (κ2) is 6.68. The van der Waals surface area contributed by atoms with E-state index in [1.54, 1.807) is 6.20 Å². The average Bonchev–Trinajstić information content (AvgIpc) is 2.75. The van der Waals surface area contributed by atoms with Crippen LogP contribution in [0.2, 0.25) is 0 Å². The van der Waals surface area contributed by atoms with E-state index in [1.807, 2.05) is 18.5 Å². The van der Waals surface area contributed by atoms with Crippen molar-refractivity contribution in [1.29, 1.82) is 0 Å². The number of rotatable bonds is 4. The summed E-state index contributed by atoms with van der Waals surface area (Å²) in [4.78, 5) is 11.6. The first-order valence-corrected chi connectivity index (χ1v) is 6.29. The molecule has 2 aromatic rings. The fourth-order valence-electron chi connectivity index (χ4n) is 1.66. The van der Waals surface area contributed by atoms with Crippen LogP contribution in [0.1, 0.15) is 23.4 Å². The van der Waals surface area contributed by atoms with Crippen molar-refractivity contribution >= 4 is 28.9 Å². The van der Waals surface area contributed by atoms with E-state index in [0.29, 0.717) is 11.2 Å². The predicted molar refractivity (Wildman–Crippen MR) is 77.9 cm³/mol. The summed E-state index contributed by atoms with van der Waals surface area (Å²) in [7, 11) is 2.09. The number of hydrogen-bond donors (Lipinski definition) is 1. The highest BCUT2D eigenvalue weighted by Gasteiger charge is 2.12. The molecule has 2 N–H and O–H groups in total. The molecule has 0 aromatic carbocycles. The van der Waals surface area contributed by atoms with Crippen molar-refractivity contribution in [1.82, 2.24) is 14.9 Å². The van der Waals surface area contributed by atoms with Crippen molar-refractivity contribution in [2.45, 2.75) is 19.5 Å². The van der Waals surface area contributed by atoms with Gasteiger partial charge in [-0.25, -0.2) is 4.98 Å². The molecule has 0 amide bonds. The van der Waals surface area contributed by atoms with Gasteiger partial charge in [0.2, 0.25) is 0 Å². The number of aromatic nitrogens is 2. The third-order valence-electron chi connectivity index (χ3n) is 2.80. The van der Waals surface area contributed by atoms with Gasteiger partial charge in [0.05, 0.1) is 0 Å². The number of nitrogens with two attached hydrogens (primary N) is 1. The van der Waals surface area contributed by atoms with Gasteiger partial charge in [-0.1, -0.05) is 6.07 Å². The van der Waals surface area contributed by atoms with Crippen molar-refractivity contribution in [3.63, 3.8) is 0 Å². The summed E-state index contributed by atoms with van der Waals surface area (Å²) in [5.74, 6) is 0. The molecule has 0 saturated carbocycles. The molecule has 98 valence electrons. The highest BCUT2D eigenvalue weighted by Crippen LogP contribution is 2.22. The zero-order chi connectivity index (χ0) is 12.3. The SMILES string of the molecule is CC(c1cccnc1)N(C)Cc1cnc(N)s1.Cl. The topological polar surface area (TPSA) is 55.0 Å². The first-order valence-electron chi connectivity index (χ1n) is 5.47. The van der Waals surface area contributed by atoms with Crippen molar-refractivity contribution in [3.05, 3.63) is 41.2 Å². The van der Waals surface area contributed by atoms with E-state index in [2.05, 4.69) is 34.9 Å². The molecule has 0 bridgehead atoms. The van der Waals surface area contributed by atoms with Crippen molar-refractivity contribution in [3.8, 4) is 0 Å². The highest BCUT2D eigenvalue weighted by atomic mass is 35.5. The van der Waals surface area contributed by atoms with E-state index < -0.39 is 0 Å². The molecule has 0 spiro atoms. The Labute approximate surface area is 117 Å². The molecule has 0 fully saturated rings. The summed E-state index contributed by atoms with van der Waals surface area (Å²) < 4.78 is 0. The second-order valence-electron chi connectivity index (χ2n) is 4.04. The molecule has 4 nitrogen and oxygen atoms in total. The predicted octanol–water partition coefficient (Wildman–Crippen LogP) is 2.74. The van der Waals surface area contributed by atoms with Gasteiger partial charge >= 0.3 is 0 Å². The van der Waals surface area contributed by atoms with Crippen LogP contribution < -0.4 is 5.73 Å². The smallest absolute Gasteiger partial charge is 0.180 e. The van der Waals surface area contributed by atoms with Crippen molar-refractivity contribution in [2.75, 3.05) is 12.8 Å². The molecule has 6 heteroatoms. The van der Waals surface area contributed by atoms with Crippen LogP contribution in [0.4, 0.5) is 5.13 Å². The van der Waals surface area contributed by atoms with Crippen LogP contribution in [0.25, 0.3) is 0 Å². The fraction of sp³-hybridized carbons (Fsp3) is 0.333. The first kappa shape index (κ1) is 14.9. The normalized spacial score (nSPS) is 12.2. The molecule has 0 aliphatic rings. The Morgan fingerprint density at radius 1 is 1.44 bits per heavy atom. The van der Waals surface area contributed by atoms with Gasteiger partial charge in [-0.3, -0.25) is 9.88 Å². The average molecular weight is 285 g/mol. The lowest BCUT2D eigenvalue weighted by atomic mass is 10.1. The third-order valence-corrected chi connectivity index (χ3v) is 3.62. The van der Waals surface area contributed by atoms with Gasteiger partial charge in [0.15, 0.2) is 5.13 Å². The Hall–Kier alpha value is -1.17. The number of nitrogens with zero attached hydrogens (tertiary/aromatic N) is 3. The number of anilines is 1. The van der Waals surface area contributed by atoms with Gasteiger partial charge in [-0.05, 0) is 25.6 Å². The lowest BCUT2D eigenvalue weighted by Gasteiger charge is -2.23. The van der Waals surface area contributed by atoms with Crippen LogP contribution >= 0.6 is 23.7 Å². The van der Waals surface area contributed by atoms with E-state index in [1.165, 1.54) is 21.8 Å². The van der Waals surface area contributed by atoms with Crippen LogP contribution in [0, 0.1) is 0 Å². The molecular weight excluding hydrogens is 268 g/mol. The molecular formula is C12H17ClN4S. The molecule has 0 aliphatic heterocycles. The zero-order valence-electron chi connectivity index (χ0n) is 10.4. The summed E-state index contributed by atoms with van der Waals surface area (Å²) in [6, 6.07) is 4.38. The Kier molecular flexibility index (Phi) is 5.53. The number of nitrogen functional groups attached to an aromatic ring is 1. The molecule has 1 atom stereocenters. The van der Waals surface area contributed by atoms with Gasteiger partial charge in [-0.15, -0.1) is 23.7 Å². The monoisotopic (exact) mass is 284 g/mol. The molecule has 18 heavy (non-hydrogen) atoms. The molecule has 0 aliphatic carbocycles. The number of thiazole rings is 1. The van der Waals surface area contributed by atoms with Gasteiger partial charge < -0.3 is 5.73 Å². The minimum absolute atomic E-state index is 0. The van der Waals surface area contributed by atoms with Crippen LogP contribution in [-0.2, 0) is 6.54 Å². The van der Waals surface area contributed by atoms with Crippen LogP contribution in [0.15, 0.2) is 30.7 Å². The summed E-state index contributed by atoms with van der Waals surface area (Å²) in [5.41, 5.74) is 6.84. The number of hydrogen-bond acceptors (Lipinski definition) is 5. The van der Waals surface area contributed by atoms with Crippen LogP contribution in [-0.4, -0.2) is 21.9 Å². The van der Waals surface area contributed by atoms with E-state index in [-0.39, 0.29) is 12.4 Å². The Bertz CT molecular complexity index is 474. The highest BCUT2D eigenvalue weighted by molar-refractivity contribution is 7.15. The molecule has 2 heterocycles. The molecule has 0 saturated heterocycles. The van der Waals surface area contributed by atoms with Gasteiger partial charge in [0.1, 0.15) is 0 Å². The van der Waals surface area contributed by atoms with Crippen molar-refractivity contribution < 1.29 is 0 Å². The summed E-state index contributed by atoms with van der Waals surface area (Å²) in [5, 5.41) is 0.627. The molecule has 0 radical (unpaired) electrons. The first-order chi connectivity index (χ1) is 8.16. The summed E-state index contributed by atoms with van der Waals surface area (Å²) in [6.07, 6.45) is 5.54. The fourth-order valence-corrected chi connectivity index (χ4v) is 2.40. The van der Waals surface area contributed by atoms with E-state index in [4.69, 9.17) is 5.73 Å². The number of pyridine rings is 1. The Morgan fingerprint density at radius 3 is 2.78 bits per heavy atom. The van der Waals surface area contributed by atoms with E-state index in [0.717, 1.165) is 6.54 Å². The van der Waals surface area contributed by atoms with Gasteiger partial charge in [0, 0.05) is 36.1 Å². The van der Waals surface area contributed by atoms with E-state index in [9.17, 15) is 0 Å². The Morgan fingerprint density at radius 2 is 2.22 bits per heavy atom. The summed E-state index contributed by atoms with van der Waals surface area (Å²) in [6.45, 7) is 3.02. The Balaban J connectivity index is 0.00000162. The maximum Gasteiger partial charge on any atom is 0.180 e. The lowest BCUT2D eigenvalue weighted by molar-refractivity contribution is 0.255. The van der Waals surface area contributed by atoms with Gasteiger partial charge in [0.25, 0.3) is 0 Å². The lowest BCUT2D eigenvalue weighted by Crippen LogP contribution is -2.21. The van der Waals surface area contributed by atoms with Crippen molar-refractivity contribution in [2.24, 2.45) is 0 Å². The van der Waals surface area contributed by atoms with Crippen LogP contribution in [0.3, 0.4) is 0 Å². The minimum atomic E-state index is 0. The number of halogens is 1. The molecule has 2 aromatic heterocycles. The summed E-state index contributed by atoms with van der Waals surface area (Å²) >= 11 is 1.54. The maximum absolute atomic E-state index is 5.62. The zero-order valence-corrected chi connectivity index (χ0v) is 12.0. The maximum atomic E-state index is 5.62. The molecule has 1 unspecified atom stereocenters. The standard InChI is InChI=1S/C12H16N4S.ClH/c1-9(10-4-3-5-14-6-10)16(2)8-11-7-15-12(13)17-11;/h3-7,9H,8H2,1-2H3,(H2,13,15);1H. The van der Waals surface area contributed by atoms with E-state index >= 15 is 0 Å². The second-order valence-corrected chi connectivity index (χ2v) is 5.19. The van der Waals surface area contributed by atoms with Gasteiger partial charge in [-0.2, -0.15) is 0 Å². The minimum Gasteiger partial charge on any atom is -0.375 e. The third kappa shape index (κ3) is 3.66. The molecule has 2 rings (SSSR count). The quantitative estimate of drug-likeness (QED) is 0.938.